The van der Waals surface area contributed by atoms with Crippen molar-refractivity contribution >= 4 is 29.3 Å². The number of rotatable bonds is 4. The molecule has 1 aromatic carbocycles. The van der Waals surface area contributed by atoms with Gasteiger partial charge in [-0.05, 0) is 49.6 Å². The number of thioether (sulfide) groups is 1. The van der Waals surface area contributed by atoms with E-state index in [-0.39, 0.29) is 17.9 Å². The number of carbonyl (C=O) groups excluding carboxylic acids is 2. The van der Waals surface area contributed by atoms with Gasteiger partial charge in [0.1, 0.15) is 11.5 Å². The number of allylic oxidation sites excluding steroid dienone is 2. The van der Waals surface area contributed by atoms with E-state index in [0.717, 1.165) is 37.4 Å². The molecule has 0 aromatic heterocycles. The molecule has 3 aliphatic rings. The van der Waals surface area contributed by atoms with Crippen molar-refractivity contribution in [2.75, 3.05) is 24.6 Å². The van der Waals surface area contributed by atoms with Crippen molar-refractivity contribution in [2.45, 2.75) is 25.8 Å². The maximum Gasteiger partial charge on any atom is 0.271 e. The van der Waals surface area contributed by atoms with Gasteiger partial charge in [0.2, 0.25) is 0 Å². The second-order valence-corrected chi connectivity index (χ2v) is 8.42. The normalized spacial score (nSPS) is 19.1. The molecule has 8 heteroatoms. The molecule has 1 saturated carbocycles. The Labute approximate surface area is 167 Å². The number of nitrogens with zero attached hydrogens (tertiary/aromatic N) is 1. The van der Waals surface area contributed by atoms with Gasteiger partial charge < -0.3 is 15.6 Å². The first-order valence-electron chi connectivity index (χ1n) is 9.45. The number of halogens is 1. The molecule has 2 fully saturated rings. The van der Waals surface area contributed by atoms with E-state index in [1.165, 1.54) is 6.07 Å². The zero-order valence-electron chi connectivity index (χ0n) is 15.7. The molecule has 6 nitrogen and oxygen atoms in total. The van der Waals surface area contributed by atoms with E-state index in [2.05, 4.69) is 16.2 Å². The van der Waals surface area contributed by atoms with Crippen LogP contribution < -0.4 is 16.2 Å². The fourth-order valence-electron chi connectivity index (χ4n) is 3.19. The first-order chi connectivity index (χ1) is 13.5. The molecule has 0 spiro atoms. The molecule has 28 heavy (non-hydrogen) atoms. The van der Waals surface area contributed by atoms with Gasteiger partial charge in [-0.1, -0.05) is 0 Å². The van der Waals surface area contributed by atoms with E-state index in [1.807, 2.05) is 16.7 Å². The van der Waals surface area contributed by atoms with E-state index < -0.39 is 5.82 Å². The lowest BCUT2D eigenvalue weighted by Crippen LogP contribution is -2.45. The molecule has 0 unspecified atom stereocenters. The molecule has 2 heterocycles. The highest BCUT2D eigenvalue weighted by atomic mass is 32.2. The number of amides is 2. The number of hydrogen-bond donors (Lipinski definition) is 3. The summed E-state index contributed by atoms with van der Waals surface area (Å²) in [6.07, 6.45) is 5.39. The number of benzene rings is 1. The Morgan fingerprint density at radius 3 is 2.57 bits per heavy atom. The van der Waals surface area contributed by atoms with Crippen molar-refractivity contribution in [1.82, 2.24) is 21.1 Å². The number of carbonyl (C=O) groups is 2. The van der Waals surface area contributed by atoms with Gasteiger partial charge in [-0.2, -0.15) is 11.8 Å². The molecule has 3 N–H and O–H groups in total. The molecule has 4 rings (SSSR count). The van der Waals surface area contributed by atoms with Crippen LogP contribution in [-0.2, 0) is 4.79 Å². The lowest BCUT2D eigenvalue weighted by molar-refractivity contribution is -0.127. The molecule has 1 saturated heterocycles. The van der Waals surface area contributed by atoms with E-state index in [0.29, 0.717) is 28.1 Å². The number of hydrogen-bond acceptors (Lipinski definition) is 5. The Bertz CT molecular complexity index is 873. The minimum atomic E-state index is -0.433. The number of hydrazine groups is 1. The average Bonchev–Trinajstić information content (AvgIpc) is 3.54. The molecule has 0 atom stereocenters. The highest BCUT2D eigenvalue weighted by molar-refractivity contribution is 7.99. The predicted molar refractivity (Wildman–Crippen MR) is 108 cm³/mol. The van der Waals surface area contributed by atoms with Crippen molar-refractivity contribution in [1.29, 1.82) is 0 Å². The van der Waals surface area contributed by atoms with Crippen LogP contribution in [0, 0.1) is 12.7 Å². The molecule has 0 radical (unpaired) electrons. The van der Waals surface area contributed by atoms with Crippen LogP contribution in [0.5, 0.6) is 0 Å². The van der Waals surface area contributed by atoms with Crippen molar-refractivity contribution in [3.8, 4) is 0 Å². The Hall–Kier alpha value is -2.48. The summed E-state index contributed by atoms with van der Waals surface area (Å²) < 4.78 is 14.4. The third kappa shape index (κ3) is 4.01. The molecule has 2 amide bonds. The van der Waals surface area contributed by atoms with Crippen LogP contribution in [0.15, 0.2) is 30.0 Å². The molecule has 1 aromatic rings. The monoisotopic (exact) mass is 402 g/mol. The predicted octanol–water partition coefficient (Wildman–Crippen LogP) is 1.93. The topological polar surface area (TPSA) is 73.5 Å². The van der Waals surface area contributed by atoms with Crippen LogP contribution in [0.25, 0.3) is 5.70 Å². The van der Waals surface area contributed by atoms with Crippen LogP contribution in [0.4, 0.5) is 4.39 Å². The lowest BCUT2D eigenvalue weighted by Gasteiger charge is -2.29. The van der Waals surface area contributed by atoms with Crippen molar-refractivity contribution in [3.05, 3.63) is 52.5 Å². The van der Waals surface area contributed by atoms with Gasteiger partial charge in [0.25, 0.3) is 11.8 Å². The molecular weight excluding hydrogens is 379 g/mol. The van der Waals surface area contributed by atoms with Crippen LogP contribution in [0.3, 0.4) is 0 Å². The minimum Gasteiger partial charge on any atom is -0.349 e. The van der Waals surface area contributed by atoms with Gasteiger partial charge >= 0.3 is 0 Å². The average molecular weight is 402 g/mol. The summed E-state index contributed by atoms with van der Waals surface area (Å²) in [4.78, 5) is 26.7. The summed E-state index contributed by atoms with van der Waals surface area (Å²) in [5.74, 6) is 1.14. The van der Waals surface area contributed by atoms with E-state index in [9.17, 15) is 14.0 Å². The van der Waals surface area contributed by atoms with Crippen molar-refractivity contribution in [3.63, 3.8) is 0 Å². The Morgan fingerprint density at radius 2 is 1.93 bits per heavy atom. The SMILES string of the molecule is Cc1c(F)cc(C(=O)NC2CC2)cc1C1=CC=C(C(=O)N2CCSCC2)NN1. The maximum absolute atomic E-state index is 14.4. The highest BCUT2D eigenvalue weighted by Gasteiger charge is 2.26. The van der Waals surface area contributed by atoms with E-state index in [4.69, 9.17) is 0 Å². The highest BCUT2D eigenvalue weighted by Crippen LogP contribution is 2.25. The summed E-state index contributed by atoms with van der Waals surface area (Å²) in [6.45, 7) is 3.15. The summed E-state index contributed by atoms with van der Waals surface area (Å²) in [7, 11) is 0. The molecular formula is C20H23FN4O2S. The fourth-order valence-corrected chi connectivity index (χ4v) is 4.09. The third-order valence-corrected chi connectivity index (χ3v) is 6.03. The van der Waals surface area contributed by atoms with Gasteiger partial charge in [-0.15, -0.1) is 0 Å². The van der Waals surface area contributed by atoms with Crippen molar-refractivity contribution < 1.29 is 14.0 Å². The van der Waals surface area contributed by atoms with Gasteiger partial charge in [-0.3, -0.25) is 15.0 Å². The zero-order valence-corrected chi connectivity index (χ0v) is 16.5. The van der Waals surface area contributed by atoms with E-state index in [1.54, 1.807) is 25.1 Å². The molecule has 1 aliphatic carbocycles. The largest absolute Gasteiger partial charge is 0.349 e. The van der Waals surface area contributed by atoms with Crippen LogP contribution in [0.2, 0.25) is 0 Å². The van der Waals surface area contributed by atoms with Crippen LogP contribution in [0.1, 0.15) is 34.3 Å². The standard InChI is InChI=1S/C20H23FN4O2S/c1-12-15(10-13(11-16(12)21)19(26)22-14-2-3-14)17-4-5-18(24-23-17)20(27)25-6-8-28-9-7-25/h4-5,10-11,14,23-24H,2-3,6-9H2,1H3,(H,22,26). The lowest BCUT2D eigenvalue weighted by atomic mass is 10.00. The van der Waals surface area contributed by atoms with Gasteiger partial charge in [-0.25, -0.2) is 4.39 Å². The first kappa shape index (κ1) is 18.9. The second-order valence-electron chi connectivity index (χ2n) is 7.19. The third-order valence-electron chi connectivity index (χ3n) is 5.09. The summed E-state index contributed by atoms with van der Waals surface area (Å²) in [6, 6.07) is 3.16. The Balaban J connectivity index is 1.55. The smallest absolute Gasteiger partial charge is 0.271 e. The molecule has 148 valence electrons. The van der Waals surface area contributed by atoms with Crippen LogP contribution in [-0.4, -0.2) is 47.4 Å². The maximum atomic E-state index is 14.4. The van der Waals surface area contributed by atoms with E-state index >= 15 is 0 Å². The van der Waals surface area contributed by atoms with Gasteiger partial charge in [0.15, 0.2) is 0 Å². The number of nitrogens with one attached hydrogen (secondary N) is 3. The molecule has 0 bridgehead atoms. The summed E-state index contributed by atoms with van der Waals surface area (Å²) >= 11 is 1.84. The zero-order chi connectivity index (χ0) is 19.7. The fraction of sp³-hybridized carbons (Fsp3) is 0.400. The van der Waals surface area contributed by atoms with Gasteiger partial charge in [0.05, 0.1) is 5.70 Å². The van der Waals surface area contributed by atoms with Gasteiger partial charge in [0, 0.05) is 41.8 Å². The molecule has 2 aliphatic heterocycles. The second kappa shape index (κ2) is 7.87. The summed E-state index contributed by atoms with van der Waals surface area (Å²) in [5, 5.41) is 2.88. The van der Waals surface area contributed by atoms with Crippen LogP contribution >= 0.6 is 11.8 Å². The minimum absolute atomic E-state index is 0.0523. The quantitative estimate of drug-likeness (QED) is 0.718. The summed E-state index contributed by atoms with van der Waals surface area (Å²) in [5.41, 5.74) is 8.31. The first-order valence-corrected chi connectivity index (χ1v) is 10.6. The Morgan fingerprint density at radius 1 is 1.18 bits per heavy atom. The van der Waals surface area contributed by atoms with Crippen molar-refractivity contribution in [2.24, 2.45) is 0 Å². The Kier molecular flexibility index (Phi) is 5.30.